The Labute approximate surface area is 146 Å². The number of nitrogens with two attached hydrogens (primary N) is 1. The van der Waals surface area contributed by atoms with Crippen LogP contribution in [0, 0.1) is 0 Å². The fourth-order valence-electron chi connectivity index (χ4n) is 3.83. The van der Waals surface area contributed by atoms with E-state index in [2.05, 4.69) is 37.0 Å². The van der Waals surface area contributed by atoms with Crippen LogP contribution in [0.25, 0.3) is 0 Å². The van der Waals surface area contributed by atoms with Gasteiger partial charge in [0.05, 0.1) is 5.69 Å². The number of primary amides is 1. The normalized spacial score (nSPS) is 21.2. The van der Waals surface area contributed by atoms with E-state index < -0.39 is 5.91 Å². The lowest BCUT2D eigenvalue weighted by atomic mass is 9.94. The van der Waals surface area contributed by atoms with Crippen LogP contribution < -0.4 is 10.6 Å². The summed E-state index contributed by atoms with van der Waals surface area (Å²) in [4.78, 5) is 25.0. The third-order valence-corrected chi connectivity index (χ3v) is 5.18. The average Bonchev–Trinajstić information content (AvgIpc) is 3.12. The number of nitrogens with zero attached hydrogens (tertiary/aromatic N) is 5. The maximum Gasteiger partial charge on any atom is 0.269 e. The van der Waals surface area contributed by atoms with Crippen LogP contribution in [0.5, 0.6) is 0 Å². The molecule has 8 nitrogen and oxygen atoms in total. The lowest BCUT2D eigenvalue weighted by Gasteiger charge is -2.36. The molecule has 0 aromatic carbocycles. The van der Waals surface area contributed by atoms with Crippen molar-refractivity contribution in [1.82, 2.24) is 25.1 Å². The number of rotatable bonds is 3. The second kappa shape index (κ2) is 6.44. The van der Waals surface area contributed by atoms with Crippen molar-refractivity contribution in [2.45, 2.75) is 31.7 Å². The van der Waals surface area contributed by atoms with Gasteiger partial charge in [-0.1, -0.05) is 0 Å². The number of carbonyl (C=O) groups is 1. The summed E-state index contributed by atoms with van der Waals surface area (Å²) in [6, 6.07) is 1.78. The molecule has 4 rings (SSSR count). The number of likely N-dealkylation sites (N-methyl/N-ethyl adjacent to an activating group) is 1. The summed E-state index contributed by atoms with van der Waals surface area (Å²) in [7, 11) is 2.13. The van der Waals surface area contributed by atoms with Gasteiger partial charge >= 0.3 is 0 Å². The minimum absolute atomic E-state index is 0.293. The highest BCUT2D eigenvalue weighted by Gasteiger charge is 2.28. The van der Waals surface area contributed by atoms with E-state index in [1.54, 1.807) is 12.4 Å². The first kappa shape index (κ1) is 16.0. The Morgan fingerprint density at radius 1 is 1.36 bits per heavy atom. The number of nitrogens with one attached hydrogen (secondary N) is 1. The Balaban J connectivity index is 1.58. The summed E-state index contributed by atoms with van der Waals surface area (Å²) < 4.78 is 0. The number of aromatic amines is 1. The van der Waals surface area contributed by atoms with E-state index >= 15 is 0 Å². The van der Waals surface area contributed by atoms with Gasteiger partial charge in [-0.15, -0.1) is 0 Å². The van der Waals surface area contributed by atoms with E-state index in [1.807, 2.05) is 0 Å². The third kappa shape index (κ3) is 3.09. The minimum atomic E-state index is -0.497. The second-order valence-corrected chi connectivity index (χ2v) is 6.97. The molecule has 2 aliphatic rings. The Morgan fingerprint density at radius 2 is 2.24 bits per heavy atom. The Kier molecular flexibility index (Phi) is 4.12. The number of H-pyrrole nitrogens is 1. The van der Waals surface area contributed by atoms with Crippen molar-refractivity contribution in [2.24, 2.45) is 5.73 Å². The summed E-state index contributed by atoms with van der Waals surface area (Å²) >= 11 is 0. The summed E-state index contributed by atoms with van der Waals surface area (Å²) in [5.74, 6) is 0.847. The van der Waals surface area contributed by atoms with Crippen molar-refractivity contribution < 1.29 is 4.79 Å². The van der Waals surface area contributed by atoms with E-state index in [-0.39, 0.29) is 0 Å². The second-order valence-electron chi connectivity index (χ2n) is 6.97. The molecule has 2 aromatic heterocycles. The van der Waals surface area contributed by atoms with Crippen LogP contribution in [-0.2, 0) is 13.0 Å². The maximum absolute atomic E-state index is 11.3. The summed E-state index contributed by atoms with van der Waals surface area (Å²) in [5.41, 5.74) is 9.00. The highest BCUT2D eigenvalue weighted by molar-refractivity contribution is 5.90. The lowest BCUT2D eigenvalue weighted by Crippen LogP contribution is -2.37. The Bertz CT molecular complexity index is 787. The van der Waals surface area contributed by atoms with E-state index in [1.165, 1.54) is 11.3 Å². The highest BCUT2D eigenvalue weighted by Crippen LogP contribution is 2.32. The molecule has 0 spiro atoms. The van der Waals surface area contributed by atoms with Crippen LogP contribution in [0.2, 0.25) is 0 Å². The third-order valence-electron chi connectivity index (χ3n) is 5.18. The molecule has 1 amide bonds. The average molecular weight is 341 g/mol. The van der Waals surface area contributed by atoms with Crippen LogP contribution in [0.3, 0.4) is 0 Å². The molecule has 3 N–H and O–H groups in total. The number of amides is 1. The number of carbonyl (C=O) groups excluding carboxylic acids is 1. The van der Waals surface area contributed by atoms with Gasteiger partial charge in [0, 0.05) is 49.8 Å². The van der Waals surface area contributed by atoms with Crippen molar-refractivity contribution in [3.05, 3.63) is 35.0 Å². The van der Waals surface area contributed by atoms with Gasteiger partial charge in [0.15, 0.2) is 0 Å². The lowest BCUT2D eigenvalue weighted by molar-refractivity contribution is 0.0995. The molecule has 1 fully saturated rings. The predicted octanol–water partition coefficient (Wildman–Crippen LogP) is 0.671. The van der Waals surface area contributed by atoms with Gasteiger partial charge in [-0.25, -0.2) is 9.97 Å². The van der Waals surface area contributed by atoms with Crippen molar-refractivity contribution in [2.75, 3.05) is 31.6 Å². The molecule has 1 atom stereocenters. The fourth-order valence-corrected chi connectivity index (χ4v) is 3.83. The van der Waals surface area contributed by atoms with Crippen molar-refractivity contribution in [3.8, 4) is 0 Å². The van der Waals surface area contributed by atoms with Crippen LogP contribution in [-0.4, -0.2) is 57.7 Å². The van der Waals surface area contributed by atoms with Gasteiger partial charge in [-0.2, -0.15) is 5.10 Å². The molecular formula is C17H23N7O. The monoisotopic (exact) mass is 341 g/mol. The SMILES string of the molecule is CN1CCc2ncnc(N3CCCC(c4cc(C(N)=O)n[nH]4)C3)c2C1. The van der Waals surface area contributed by atoms with Gasteiger partial charge in [0.2, 0.25) is 0 Å². The van der Waals surface area contributed by atoms with E-state index in [0.717, 1.165) is 57.0 Å². The molecule has 2 aliphatic heterocycles. The fraction of sp³-hybridized carbons (Fsp3) is 0.529. The molecule has 4 heterocycles. The van der Waals surface area contributed by atoms with Gasteiger partial charge in [0.25, 0.3) is 5.91 Å². The van der Waals surface area contributed by atoms with Gasteiger partial charge < -0.3 is 15.5 Å². The number of hydrogen-bond donors (Lipinski definition) is 2. The molecule has 25 heavy (non-hydrogen) atoms. The maximum atomic E-state index is 11.3. The standard InChI is InChI=1S/C17H23N7O/c1-23-6-4-13-12(9-23)17(20-10-19-13)24-5-2-3-11(8-24)14-7-15(16(18)25)22-21-14/h7,10-11H,2-6,8-9H2,1H3,(H2,18,25)(H,21,22). The summed E-state index contributed by atoms with van der Waals surface area (Å²) in [6.45, 7) is 3.77. The molecule has 0 saturated carbocycles. The zero-order valence-electron chi connectivity index (χ0n) is 14.4. The van der Waals surface area contributed by atoms with Crippen molar-refractivity contribution >= 4 is 11.7 Å². The molecule has 0 bridgehead atoms. The first-order chi connectivity index (χ1) is 12.1. The predicted molar refractivity (Wildman–Crippen MR) is 93.4 cm³/mol. The van der Waals surface area contributed by atoms with Crippen LogP contribution in [0.1, 0.15) is 46.2 Å². The van der Waals surface area contributed by atoms with Crippen molar-refractivity contribution in [1.29, 1.82) is 0 Å². The first-order valence-corrected chi connectivity index (χ1v) is 8.73. The molecule has 132 valence electrons. The Morgan fingerprint density at radius 3 is 3.04 bits per heavy atom. The quantitative estimate of drug-likeness (QED) is 0.850. The van der Waals surface area contributed by atoms with E-state index in [0.29, 0.717) is 11.6 Å². The molecule has 1 saturated heterocycles. The summed E-state index contributed by atoms with van der Waals surface area (Å²) in [5, 5.41) is 7.00. The zero-order valence-corrected chi connectivity index (χ0v) is 14.4. The molecule has 0 aliphatic carbocycles. The Hall–Kier alpha value is -2.48. The number of piperidine rings is 1. The topological polar surface area (TPSA) is 104 Å². The largest absolute Gasteiger partial charge is 0.364 e. The number of hydrogen-bond acceptors (Lipinski definition) is 6. The molecular weight excluding hydrogens is 318 g/mol. The highest BCUT2D eigenvalue weighted by atomic mass is 16.1. The number of fused-ring (bicyclic) bond motifs is 1. The molecule has 1 unspecified atom stereocenters. The molecule has 0 radical (unpaired) electrons. The number of aromatic nitrogens is 4. The number of anilines is 1. The zero-order chi connectivity index (χ0) is 17.4. The molecule has 2 aromatic rings. The first-order valence-electron chi connectivity index (χ1n) is 8.73. The van der Waals surface area contributed by atoms with E-state index in [9.17, 15) is 4.79 Å². The smallest absolute Gasteiger partial charge is 0.269 e. The van der Waals surface area contributed by atoms with Crippen LogP contribution in [0.4, 0.5) is 5.82 Å². The van der Waals surface area contributed by atoms with Gasteiger partial charge in [-0.05, 0) is 26.0 Å². The molecule has 8 heteroatoms. The van der Waals surface area contributed by atoms with Crippen LogP contribution >= 0.6 is 0 Å². The van der Waals surface area contributed by atoms with E-state index in [4.69, 9.17) is 5.73 Å². The van der Waals surface area contributed by atoms with Crippen LogP contribution in [0.15, 0.2) is 12.4 Å². The summed E-state index contributed by atoms with van der Waals surface area (Å²) in [6.07, 6.45) is 4.79. The van der Waals surface area contributed by atoms with Gasteiger partial charge in [-0.3, -0.25) is 9.89 Å². The van der Waals surface area contributed by atoms with Gasteiger partial charge in [0.1, 0.15) is 17.8 Å². The minimum Gasteiger partial charge on any atom is -0.364 e. The van der Waals surface area contributed by atoms with Crippen molar-refractivity contribution in [3.63, 3.8) is 0 Å².